The first-order valence-electron chi connectivity index (χ1n) is 8.45. The average Bonchev–Trinajstić information content (AvgIpc) is 2.95. The summed E-state index contributed by atoms with van der Waals surface area (Å²) in [5.41, 5.74) is 4.93. The summed E-state index contributed by atoms with van der Waals surface area (Å²) >= 11 is 0. The number of aryl methyl sites for hydroxylation is 2. The number of benzene rings is 1. The van der Waals surface area contributed by atoms with Crippen LogP contribution >= 0.6 is 0 Å². The zero-order valence-corrected chi connectivity index (χ0v) is 15.5. The van der Waals surface area contributed by atoms with E-state index in [1.807, 2.05) is 43.5 Å². The number of nitrogens with zero attached hydrogens (tertiary/aromatic N) is 3. The molecule has 3 heteroatoms. The van der Waals surface area contributed by atoms with Crippen LogP contribution < -0.4 is 0 Å². The smallest absolute Gasteiger partial charge is 0.140 e. The lowest BCUT2D eigenvalue weighted by atomic mass is 10.1. The summed E-state index contributed by atoms with van der Waals surface area (Å²) in [5.74, 6) is 7.33. The minimum atomic E-state index is -0.0247. The van der Waals surface area contributed by atoms with Crippen molar-refractivity contribution in [1.82, 2.24) is 14.5 Å². The predicted octanol–water partition coefficient (Wildman–Crippen LogP) is 4.72. The second-order valence-corrected chi connectivity index (χ2v) is 7.22. The minimum Gasteiger partial charge on any atom is -0.323 e. The van der Waals surface area contributed by atoms with Crippen molar-refractivity contribution in [2.24, 2.45) is 0 Å². The molecule has 1 aromatic carbocycles. The third-order valence-corrected chi connectivity index (χ3v) is 3.95. The van der Waals surface area contributed by atoms with E-state index in [0.29, 0.717) is 0 Å². The van der Waals surface area contributed by atoms with Gasteiger partial charge in [0.05, 0.1) is 0 Å². The van der Waals surface area contributed by atoms with Gasteiger partial charge in [0.1, 0.15) is 11.5 Å². The van der Waals surface area contributed by atoms with Gasteiger partial charge in [0, 0.05) is 34.3 Å². The fraction of sp³-hybridized carbons (Fsp3) is 0.273. The fourth-order valence-corrected chi connectivity index (χ4v) is 2.97. The molecule has 25 heavy (non-hydrogen) atoms. The van der Waals surface area contributed by atoms with Gasteiger partial charge in [-0.2, -0.15) is 0 Å². The van der Waals surface area contributed by atoms with E-state index in [1.54, 1.807) is 0 Å². The second kappa shape index (κ2) is 6.57. The monoisotopic (exact) mass is 329 g/mol. The van der Waals surface area contributed by atoms with Crippen LogP contribution in [0.1, 0.15) is 43.4 Å². The van der Waals surface area contributed by atoms with Crippen molar-refractivity contribution in [3.8, 4) is 23.2 Å². The maximum atomic E-state index is 4.63. The topological polar surface area (TPSA) is 30.7 Å². The molecule has 2 aromatic heterocycles. The van der Waals surface area contributed by atoms with Crippen molar-refractivity contribution in [2.75, 3.05) is 0 Å². The highest BCUT2D eigenvalue weighted by Crippen LogP contribution is 2.27. The lowest BCUT2D eigenvalue weighted by Crippen LogP contribution is -2.23. The molecule has 0 N–H and O–H groups in total. The molecule has 0 atom stereocenters. The summed E-state index contributed by atoms with van der Waals surface area (Å²) in [6.07, 6.45) is 1.93. The molecule has 0 saturated heterocycles. The average molecular weight is 329 g/mol. The van der Waals surface area contributed by atoms with Gasteiger partial charge in [-0.05, 0) is 64.8 Å². The number of hydrogen-bond acceptors (Lipinski definition) is 2. The van der Waals surface area contributed by atoms with Gasteiger partial charge in [-0.1, -0.05) is 24.1 Å². The molecule has 0 aliphatic rings. The molecular formula is C22H23N3. The van der Waals surface area contributed by atoms with Crippen LogP contribution in [0.4, 0.5) is 0 Å². The minimum absolute atomic E-state index is 0.0247. The second-order valence-electron chi connectivity index (χ2n) is 7.22. The first-order chi connectivity index (χ1) is 11.8. The Labute approximate surface area is 149 Å². The third kappa shape index (κ3) is 3.80. The van der Waals surface area contributed by atoms with Crippen LogP contribution in [0.2, 0.25) is 0 Å². The van der Waals surface area contributed by atoms with Crippen molar-refractivity contribution >= 4 is 0 Å². The molecule has 126 valence electrons. The van der Waals surface area contributed by atoms with E-state index in [-0.39, 0.29) is 5.54 Å². The Kier molecular flexibility index (Phi) is 4.46. The molecule has 0 aliphatic heterocycles. The predicted molar refractivity (Wildman–Crippen MR) is 102 cm³/mol. The van der Waals surface area contributed by atoms with Crippen molar-refractivity contribution in [3.05, 3.63) is 71.3 Å². The van der Waals surface area contributed by atoms with Gasteiger partial charge in [0.15, 0.2) is 0 Å². The molecule has 3 aromatic rings. The Balaban J connectivity index is 1.99. The van der Waals surface area contributed by atoms with E-state index in [9.17, 15) is 0 Å². The summed E-state index contributed by atoms with van der Waals surface area (Å²) in [5, 5.41) is 0. The lowest BCUT2D eigenvalue weighted by molar-refractivity contribution is 0.394. The Morgan fingerprint density at radius 2 is 1.72 bits per heavy atom. The van der Waals surface area contributed by atoms with E-state index < -0.39 is 0 Å². The van der Waals surface area contributed by atoms with Gasteiger partial charge in [-0.25, -0.2) is 9.97 Å². The molecule has 3 rings (SSSR count). The first-order valence-corrected chi connectivity index (χ1v) is 8.45. The van der Waals surface area contributed by atoms with E-state index in [2.05, 4.69) is 66.2 Å². The summed E-state index contributed by atoms with van der Waals surface area (Å²) in [4.78, 5) is 9.05. The van der Waals surface area contributed by atoms with E-state index in [0.717, 1.165) is 34.0 Å². The fourth-order valence-electron chi connectivity index (χ4n) is 2.97. The summed E-state index contributed by atoms with van der Waals surface area (Å²) in [7, 11) is 0. The molecule has 0 unspecified atom stereocenters. The van der Waals surface area contributed by atoms with Crippen LogP contribution in [0, 0.1) is 25.7 Å². The van der Waals surface area contributed by atoms with Crippen LogP contribution in [0.15, 0.2) is 48.7 Å². The number of pyridine rings is 1. The zero-order valence-electron chi connectivity index (χ0n) is 15.5. The van der Waals surface area contributed by atoms with E-state index in [1.165, 1.54) is 0 Å². The normalized spacial score (nSPS) is 11.1. The van der Waals surface area contributed by atoms with Crippen molar-refractivity contribution < 1.29 is 0 Å². The molecule has 0 spiro atoms. The SMILES string of the molecule is Cc1cccc(C#Cc2cccc(-c3ncc(C)n3C(C)(C)C)c2)n1. The van der Waals surface area contributed by atoms with Crippen LogP contribution in [0.25, 0.3) is 11.4 Å². The van der Waals surface area contributed by atoms with Crippen LogP contribution in [-0.4, -0.2) is 14.5 Å². The molecule has 2 heterocycles. The van der Waals surface area contributed by atoms with E-state index >= 15 is 0 Å². The van der Waals surface area contributed by atoms with Crippen molar-refractivity contribution in [2.45, 2.75) is 40.2 Å². The Hall–Kier alpha value is -2.86. The molecule has 0 bridgehead atoms. The highest BCUT2D eigenvalue weighted by atomic mass is 15.1. The molecular weight excluding hydrogens is 306 g/mol. The number of rotatable bonds is 1. The van der Waals surface area contributed by atoms with Gasteiger partial charge in [-0.15, -0.1) is 0 Å². The van der Waals surface area contributed by atoms with Gasteiger partial charge in [-0.3, -0.25) is 0 Å². The van der Waals surface area contributed by atoms with Crippen LogP contribution in [0.3, 0.4) is 0 Å². The number of imidazole rings is 1. The molecule has 0 radical (unpaired) electrons. The first kappa shape index (κ1) is 17.0. The molecule has 0 amide bonds. The zero-order chi connectivity index (χ0) is 18.0. The van der Waals surface area contributed by atoms with Gasteiger partial charge in [0.2, 0.25) is 0 Å². The quantitative estimate of drug-likeness (QED) is 0.605. The summed E-state index contributed by atoms with van der Waals surface area (Å²) < 4.78 is 2.27. The van der Waals surface area contributed by atoms with Crippen molar-refractivity contribution in [1.29, 1.82) is 0 Å². The Bertz CT molecular complexity index is 963. The largest absolute Gasteiger partial charge is 0.323 e. The summed E-state index contributed by atoms with van der Waals surface area (Å²) in [6, 6.07) is 14.1. The molecule has 3 nitrogen and oxygen atoms in total. The maximum absolute atomic E-state index is 4.63. The highest BCUT2D eigenvalue weighted by molar-refractivity contribution is 5.60. The van der Waals surface area contributed by atoms with Gasteiger partial charge in [0.25, 0.3) is 0 Å². The lowest BCUT2D eigenvalue weighted by Gasteiger charge is -2.25. The Morgan fingerprint density at radius 1 is 0.960 bits per heavy atom. The number of aromatic nitrogens is 3. The standard InChI is InChI=1S/C22H23N3/c1-16-8-6-11-20(24-16)13-12-18-9-7-10-19(14-18)21-23-15-17(2)25(21)22(3,4)5/h6-11,14-15H,1-5H3. The third-order valence-electron chi connectivity index (χ3n) is 3.95. The van der Waals surface area contributed by atoms with E-state index in [4.69, 9.17) is 0 Å². The highest BCUT2D eigenvalue weighted by Gasteiger charge is 2.20. The maximum Gasteiger partial charge on any atom is 0.140 e. The van der Waals surface area contributed by atoms with Gasteiger partial charge < -0.3 is 4.57 Å². The Morgan fingerprint density at radius 3 is 2.44 bits per heavy atom. The van der Waals surface area contributed by atoms with Crippen LogP contribution in [0.5, 0.6) is 0 Å². The summed E-state index contributed by atoms with van der Waals surface area (Å²) in [6.45, 7) is 10.6. The molecule has 0 saturated carbocycles. The molecule has 0 aliphatic carbocycles. The molecule has 0 fully saturated rings. The van der Waals surface area contributed by atoms with Crippen LogP contribution in [-0.2, 0) is 5.54 Å². The van der Waals surface area contributed by atoms with Gasteiger partial charge >= 0.3 is 0 Å². The number of hydrogen-bond donors (Lipinski definition) is 0. The van der Waals surface area contributed by atoms with Crippen molar-refractivity contribution in [3.63, 3.8) is 0 Å².